The average molecular weight is 231 g/mol. The minimum atomic E-state index is -0.270. The van der Waals surface area contributed by atoms with Crippen LogP contribution < -0.4 is 5.56 Å². The number of halogens is 1. The summed E-state index contributed by atoms with van der Waals surface area (Å²) in [5.41, 5.74) is 1.06. The van der Waals surface area contributed by atoms with E-state index in [1.54, 1.807) is 30.5 Å². The molecule has 0 N–H and O–H groups in total. The first kappa shape index (κ1) is 11.6. The first-order valence-electron chi connectivity index (χ1n) is 5.57. The molecule has 0 bridgehead atoms. The molecule has 2 aromatic rings. The van der Waals surface area contributed by atoms with Crippen molar-refractivity contribution in [1.29, 1.82) is 0 Å². The van der Waals surface area contributed by atoms with Crippen LogP contribution in [0.5, 0.6) is 0 Å². The molecule has 0 unspecified atom stereocenters. The zero-order valence-corrected chi connectivity index (χ0v) is 9.85. The van der Waals surface area contributed by atoms with E-state index in [0.717, 1.165) is 0 Å². The summed E-state index contributed by atoms with van der Waals surface area (Å²) < 4.78 is 15.2. The number of rotatable bonds is 2. The molecule has 88 valence electrons. The molecule has 0 atom stereocenters. The molecule has 3 heteroatoms. The van der Waals surface area contributed by atoms with E-state index in [9.17, 15) is 9.18 Å². The van der Waals surface area contributed by atoms with E-state index in [-0.39, 0.29) is 17.3 Å². The number of pyridine rings is 1. The van der Waals surface area contributed by atoms with Crippen LogP contribution in [-0.4, -0.2) is 4.57 Å². The van der Waals surface area contributed by atoms with Crippen LogP contribution >= 0.6 is 0 Å². The van der Waals surface area contributed by atoms with E-state index in [1.165, 1.54) is 16.7 Å². The first-order valence-corrected chi connectivity index (χ1v) is 5.57. The third-order valence-corrected chi connectivity index (χ3v) is 2.71. The van der Waals surface area contributed by atoms with Crippen LogP contribution in [0.25, 0.3) is 5.69 Å². The van der Waals surface area contributed by atoms with Gasteiger partial charge in [-0.1, -0.05) is 26.0 Å². The van der Waals surface area contributed by atoms with E-state index in [1.807, 2.05) is 13.8 Å². The summed E-state index contributed by atoms with van der Waals surface area (Å²) in [6, 6.07) is 9.76. The zero-order chi connectivity index (χ0) is 12.4. The third kappa shape index (κ3) is 2.28. The van der Waals surface area contributed by atoms with Crippen LogP contribution in [0.4, 0.5) is 4.39 Å². The van der Waals surface area contributed by atoms with Crippen LogP contribution in [0.1, 0.15) is 25.3 Å². The van der Waals surface area contributed by atoms with Gasteiger partial charge >= 0.3 is 0 Å². The lowest BCUT2D eigenvalue weighted by Gasteiger charge is -2.10. The van der Waals surface area contributed by atoms with Crippen molar-refractivity contribution in [3.63, 3.8) is 0 Å². The number of hydrogen-bond acceptors (Lipinski definition) is 1. The molecule has 0 aliphatic heterocycles. The Kier molecular flexibility index (Phi) is 3.09. The monoisotopic (exact) mass is 231 g/mol. The number of nitrogens with zero attached hydrogens (tertiary/aromatic N) is 1. The van der Waals surface area contributed by atoms with Gasteiger partial charge in [-0.15, -0.1) is 0 Å². The molecule has 0 amide bonds. The second-order valence-corrected chi connectivity index (χ2v) is 4.27. The largest absolute Gasteiger partial charge is 0.284 e. The summed E-state index contributed by atoms with van der Waals surface area (Å²) in [6.45, 7) is 3.87. The van der Waals surface area contributed by atoms with Gasteiger partial charge in [0.25, 0.3) is 5.56 Å². The molecule has 17 heavy (non-hydrogen) atoms. The molecule has 1 aromatic heterocycles. The molecule has 0 aliphatic carbocycles. The van der Waals surface area contributed by atoms with Crippen LogP contribution in [0.3, 0.4) is 0 Å². The fourth-order valence-electron chi connectivity index (χ4n) is 1.77. The zero-order valence-electron chi connectivity index (χ0n) is 9.85. The molecule has 0 fully saturated rings. The summed E-state index contributed by atoms with van der Waals surface area (Å²) in [7, 11) is 0. The van der Waals surface area contributed by atoms with Crippen molar-refractivity contribution in [3.05, 3.63) is 64.3 Å². The Labute approximate surface area is 99.3 Å². The van der Waals surface area contributed by atoms with Gasteiger partial charge in [0.05, 0.1) is 5.69 Å². The topological polar surface area (TPSA) is 22.0 Å². The summed E-state index contributed by atoms with van der Waals surface area (Å²) in [5, 5.41) is 0. The standard InChI is InChI=1S/C14H14FNO/c1-10(2)12-7-6-11(9-13(12)15)16-8-4-3-5-14(16)17/h3-10H,1-2H3. The minimum absolute atomic E-state index is 0.136. The van der Waals surface area contributed by atoms with Gasteiger partial charge in [-0.2, -0.15) is 0 Å². The molecule has 0 radical (unpaired) electrons. The van der Waals surface area contributed by atoms with Crippen LogP contribution in [-0.2, 0) is 0 Å². The highest BCUT2D eigenvalue weighted by atomic mass is 19.1. The lowest BCUT2D eigenvalue weighted by Crippen LogP contribution is -2.15. The second-order valence-electron chi connectivity index (χ2n) is 4.27. The molecule has 0 spiro atoms. The predicted octanol–water partition coefficient (Wildman–Crippen LogP) is 3.10. The smallest absolute Gasteiger partial charge is 0.255 e. The molecule has 2 nitrogen and oxygen atoms in total. The van der Waals surface area contributed by atoms with Gasteiger partial charge in [0.2, 0.25) is 0 Å². The molecular weight excluding hydrogens is 217 g/mol. The van der Waals surface area contributed by atoms with Crippen molar-refractivity contribution >= 4 is 0 Å². The molecular formula is C14H14FNO. The quantitative estimate of drug-likeness (QED) is 0.778. The van der Waals surface area contributed by atoms with Crippen molar-refractivity contribution in [2.24, 2.45) is 0 Å². The normalized spacial score (nSPS) is 10.8. The van der Waals surface area contributed by atoms with E-state index >= 15 is 0 Å². The third-order valence-electron chi connectivity index (χ3n) is 2.71. The summed E-state index contributed by atoms with van der Waals surface area (Å²) in [5.74, 6) is -0.134. The Hall–Kier alpha value is -1.90. The number of aromatic nitrogens is 1. The Morgan fingerprint density at radius 2 is 1.94 bits per heavy atom. The fraction of sp³-hybridized carbons (Fsp3) is 0.214. The van der Waals surface area contributed by atoms with E-state index in [2.05, 4.69) is 0 Å². The summed E-state index contributed by atoms with van der Waals surface area (Å²) >= 11 is 0. The predicted molar refractivity (Wildman–Crippen MR) is 66.1 cm³/mol. The number of benzene rings is 1. The number of hydrogen-bond donors (Lipinski definition) is 0. The Bertz CT molecular complexity index is 587. The Morgan fingerprint density at radius 1 is 1.18 bits per heavy atom. The van der Waals surface area contributed by atoms with Crippen LogP contribution in [0, 0.1) is 5.82 Å². The molecule has 0 saturated carbocycles. The molecule has 2 rings (SSSR count). The van der Waals surface area contributed by atoms with Gasteiger partial charge in [-0.3, -0.25) is 9.36 Å². The minimum Gasteiger partial charge on any atom is -0.284 e. The molecule has 1 heterocycles. The van der Waals surface area contributed by atoms with Gasteiger partial charge in [0, 0.05) is 12.3 Å². The second kappa shape index (κ2) is 4.53. The van der Waals surface area contributed by atoms with Gasteiger partial charge < -0.3 is 0 Å². The molecule has 0 saturated heterocycles. The van der Waals surface area contributed by atoms with Crippen molar-refractivity contribution in [1.82, 2.24) is 4.57 Å². The highest BCUT2D eigenvalue weighted by Crippen LogP contribution is 2.20. The maximum Gasteiger partial charge on any atom is 0.255 e. The van der Waals surface area contributed by atoms with E-state index in [0.29, 0.717) is 11.3 Å². The SMILES string of the molecule is CC(C)c1ccc(-n2ccccc2=O)cc1F. The van der Waals surface area contributed by atoms with Crippen molar-refractivity contribution in [3.8, 4) is 5.69 Å². The maximum absolute atomic E-state index is 13.8. The van der Waals surface area contributed by atoms with Gasteiger partial charge in [0.1, 0.15) is 5.82 Å². The summed E-state index contributed by atoms with van der Waals surface area (Å²) in [4.78, 5) is 11.6. The van der Waals surface area contributed by atoms with E-state index in [4.69, 9.17) is 0 Å². The van der Waals surface area contributed by atoms with Crippen molar-refractivity contribution < 1.29 is 4.39 Å². The average Bonchev–Trinajstić information content (AvgIpc) is 2.29. The van der Waals surface area contributed by atoms with Crippen LogP contribution in [0.15, 0.2) is 47.4 Å². The first-order chi connectivity index (χ1) is 8.09. The highest BCUT2D eigenvalue weighted by Gasteiger charge is 2.08. The van der Waals surface area contributed by atoms with Crippen molar-refractivity contribution in [2.45, 2.75) is 19.8 Å². The lowest BCUT2D eigenvalue weighted by molar-refractivity contribution is 0.597. The Morgan fingerprint density at radius 3 is 2.53 bits per heavy atom. The highest BCUT2D eigenvalue weighted by molar-refractivity contribution is 5.37. The fourth-order valence-corrected chi connectivity index (χ4v) is 1.77. The lowest BCUT2D eigenvalue weighted by atomic mass is 10.0. The Balaban J connectivity index is 2.53. The molecule has 0 aliphatic rings. The van der Waals surface area contributed by atoms with Gasteiger partial charge in [-0.25, -0.2) is 4.39 Å². The van der Waals surface area contributed by atoms with Crippen molar-refractivity contribution in [2.75, 3.05) is 0 Å². The molecule has 1 aromatic carbocycles. The van der Waals surface area contributed by atoms with Crippen LogP contribution in [0.2, 0.25) is 0 Å². The van der Waals surface area contributed by atoms with Gasteiger partial charge in [-0.05, 0) is 29.7 Å². The van der Waals surface area contributed by atoms with E-state index < -0.39 is 0 Å². The van der Waals surface area contributed by atoms with Gasteiger partial charge in [0.15, 0.2) is 0 Å². The summed E-state index contributed by atoms with van der Waals surface area (Å²) in [6.07, 6.45) is 1.63. The maximum atomic E-state index is 13.8.